The molecular weight excluding hydrogens is 326 g/mol. The van der Waals surface area contributed by atoms with Crippen molar-refractivity contribution >= 4 is 11.8 Å². The quantitative estimate of drug-likeness (QED) is 0.668. The summed E-state index contributed by atoms with van der Waals surface area (Å²) in [4.78, 5) is 4.48. The lowest BCUT2D eigenvalue weighted by atomic mass is 9.97. The number of nitrogens with one attached hydrogen (secondary N) is 2. The zero-order chi connectivity index (χ0) is 18.0. The predicted octanol–water partition coefficient (Wildman–Crippen LogP) is 3.84. The second kappa shape index (κ2) is 9.75. The number of methoxy groups -OCH3 is 1. The molecule has 0 radical (unpaired) electrons. The molecule has 2 aromatic rings. The van der Waals surface area contributed by atoms with Crippen LogP contribution in [-0.4, -0.2) is 35.4 Å². The number of benzene rings is 1. The van der Waals surface area contributed by atoms with Crippen molar-refractivity contribution in [2.75, 3.05) is 30.8 Å². The molecule has 26 heavy (non-hydrogen) atoms. The van der Waals surface area contributed by atoms with E-state index in [4.69, 9.17) is 4.74 Å². The van der Waals surface area contributed by atoms with Gasteiger partial charge in [-0.25, -0.2) is 0 Å². The van der Waals surface area contributed by atoms with Crippen molar-refractivity contribution in [3.8, 4) is 5.75 Å². The van der Waals surface area contributed by atoms with Crippen LogP contribution < -0.4 is 15.4 Å². The van der Waals surface area contributed by atoms with Gasteiger partial charge in [-0.1, -0.05) is 29.8 Å². The molecule has 0 atom stereocenters. The van der Waals surface area contributed by atoms with Gasteiger partial charge in [0.15, 0.2) is 5.82 Å². The second-order valence-corrected chi connectivity index (χ2v) is 6.44. The molecule has 2 N–H and O–H groups in total. The van der Waals surface area contributed by atoms with Crippen molar-refractivity contribution in [3.05, 3.63) is 47.7 Å². The fraction of sp³-hybridized carbons (Fsp3) is 0.450. The highest BCUT2D eigenvalue weighted by Gasteiger charge is 2.05. The molecular formula is C20H27N5O. The standard InChI is InChI=1S/C20H27N5O/c1-26-18-10-6-5-9-17(18)12-14-22-20-24-19(15-23-25-20)21-13-11-16-7-3-2-4-8-16/h5-7,9-10,15H,2-4,8,11-14H2,1H3,(H2,21,22,24,25). The number of rotatable bonds is 9. The van der Waals surface area contributed by atoms with E-state index in [1.54, 1.807) is 18.9 Å². The van der Waals surface area contributed by atoms with Gasteiger partial charge in [-0.3, -0.25) is 0 Å². The smallest absolute Gasteiger partial charge is 0.244 e. The molecule has 1 heterocycles. The monoisotopic (exact) mass is 353 g/mol. The summed E-state index contributed by atoms with van der Waals surface area (Å²) in [5, 5.41) is 14.7. The maximum Gasteiger partial charge on any atom is 0.244 e. The maximum absolute atomic E-state index is 5.38. The Kier molecular flexibility index (Phi) is 6.81. The number of aromatic nitrogens is 3. The molecule has 1 aromatic heterocycles. The Morgan fingerprint density at radius 1 is 1.08 bits per heavy atom. The first kappa shape index (κ1) is 18.2. The lowest BCUT2D eigenvalue weighted by molar-refractivity contribution is 0.410. The number of hydrogen-bond donors (Lipinski definition) is 2. The van der Waals surface area contributed by atoms with Gasteiger partial charge >= 0.3 is 0 Å². The van der Waals surface area contributed by atoms with Gasteiger partial charge in [-0.15, -0.1) is 5.10 Å². The fourth-order valence-electron chi connectivity index (χ4n) is 3.16. The van der Waals surface area contributed by atoms with Crippen LogP contribution in [0.3, 0.4) is 0 Å². The average molecular weight is 353 g/mol. The van der Waals surface area contributed by atoms with Crippen molar-refractivity contribution in [3.63, 3.8) is 0 Å². The Bertz CT molecular complexity index is 732. The third kappa shape index (κ3) is 5.44. The number of ether oxygens (including phenoxy) is 1. The van der Waals surface area contributed by atoms with E-state index in [-0.39, 0.29) is 0 Å². The second-order valence-electron chi connectivity index (χ2n) is 6.44. The summed E-state index contributed by atoms with van der Waals surface area (Å²) in [7, 11) is 1.69. The number of hydrogen-bond acceptors (Lipinski definition) is 6. The molecule has 1 aliphatic rings. The number of anilines is 2. The van der Waals surface area contributed by atoms with Crippen molar-refractivity contribution in [1.82, 2.24) is 15.2 Å². The van der Waals surface area contributed by atoms with Gasteiger partial charge in [0.1, 0.15) is 5.75 Å². The van der Waals surface area contributed by atoms with Crippen molar-refractivity contribution in [2.24, 2.45) is 0 Å². The summed E-state index contributed by atoms with van der Waals surface area (Å²) in [6, 6.07) is 8.03. The maximum atomic E-state index is 5.38. The van der Waals surface area contributed by atoms with Gasteiger partial charge in [0.25, 0.3) is 0 Å². The summed E-state index contributed by atoms with van der Waals surface area (Å²) in [6.45, 7) is 1.60. The van der Waals surface area contributed by atoms with Crippen LogP contribution in [0.25, 0.3) is 0 Å². The van der Waals surface area contributed by atoms with E-state index in [1.807, 2.05) is 18.2 Å². The topological polar surface area (TPSA) is 72.0 Å². The average Bonchev–Trinajstić information content (AvgIpc) is 2.69. The van der Waals surface area contributed by atoms with Gasteiger partial charge in [-0.05, 0) is 50.2 Å². The van der Waals surface area contributed by atoms with Gasteiger partial charge in [-0.2, -0.15) is 10.1 Å². The third-order valence-corrected chi connectivity index (χ3v) is 4.57. The van der Waals surface area contributed by atoms with Crippen molar-refractivity contribution < 1.29 is 4.74 Å². The molecule has 138 valence electrons. The summed E-state index contributed by atoms with van der Waals surface area (Å²) >= 11 is 0. The van der Waals surface area contributed by atoms with Crippen LogP contribution >= 0.6 is 0 Å². The van der Waals surface area contributed by atoms with Crippen molar-refractivity contribution in [1.29, 1.82) is 0 Å². The molecule has 0 fully saturated rings. The normalized spacial score (nSPS) is 13.8. The van der Waals surface area contributed by atoms with Crippen LogP contribution in [0.5, 0.6) is 5.75 Å². The van der Waals surface area contributed by atoms with Gasteiger partial charge < -0.3 is 15.4 Å². The van der Waals surface area contributed by atoms with Gasteiger partial charge in [0, 0.05) is 13.1 Å². The van der Waals surface area contributed by atoms with Crippen molar-refractivity contribution in [2.45, 2.75) is 38.5 Å². The fourth-order valence-corrected chi connectivity index (χ4v) is 3.16. The molecule has 6 nitrogen and oxygen atoms in total. The molecule has 0 saturated carbocycles. The minimum absolute atomic E-state index is 0.543. The van der Waals surface area contributed by atoms with Crippen LogP contribution in [0.15, 0.2) is 42.1 Å². The summed E-state index contributed by atoms with van der Waals surface area (Å²) < 4.78 is 5.38. The molecule has 1 aromatic carbocycles. The van der Waals surface area contributed by atoms with Gasteiger partial charge in [0.2, 0.25) is 5.95 Å². The third-order valence-electron chi connectivity index (χ3n) is 4.57. The van der Waals surface area contributed by atoms with E-state index >= 15 is 0 Å². The highest BCUT2D eigenvalue weighted by atomic mass is 16.5. The Morgan fingerprint density at radius 3 is 2.81 bits per heavy atom. The summed E-state index contributed by atoms with van der Waals surface area (Å²) in [5.41, 5.74) is 2.71. The van der Waals surface area contributed by atoms with E-state index in [1.165, 1.54) is 25.7 Å². The van der Waals surface area contributed by atoms with Crippen LogP contribution in [0.2, 0.25) is 0 Å². The molecule has 0 bridgehead atoms. The number of allylic oxidation sites excluding steroid dienone is 1. The van der Waals surface area contributed by atoms with Crippen LogP contribution in [-0.2, 0) is 6.42 Å². The Hall–Kier alpha value is -2.63. The predicted molar refractivity (Wildman–Crippen MR) is 105 cm³/mol. The first-order chi connectivity index (χ1) is 12.8. The van der Waals surface area contributed by atoms with E-state index in [2.05, 4.69) is 38.0 Å². The molecule has 0 unspecified atom stereocenters. The molecule has 0 spiro atoms. The SMILES string of the molecule is COc1ccccc1CCNc1nncc(NCCC2=CCCCC2)n1. The van der Waals surface area contributed by atoms with Crippen LogP contribution in [0.1, 0.15) is 37.7 Å². The Morgan fingerprint density at radius 2 is 1.96 bits per heavy atom. The van der Waals surface area contributed by atoms with Gasteiger partial charge in [0.05, 0.1) is 13.3 Å². The summed E-state index contributed by atoms with van der Waals surface area (Å²) in [5.74, 6) is 2.21. The molecule has 6 heteroatoms. The van der Waals surface area contributed by atoms with E-state index in [0.29, 0.717) is 5.95 Å². The Labute approximate surface area is 155 Å². The van der Waals surface area contributed by atoms with E-state index in [0.717, 1.165) is 43.1 Å². The highest BCUT2D eigenvalue weighted by molar-refractivity contribution is 5.38. The molecule has 3 rings (SSSR count). The molecule has 1 aliphatic carbocycles. The zero-order valence-corrected chi connectivity index (χ0v) is 15.4. The largest absolute Gasteiger partial charge is 0.496 e. The van der Waals surface area contributed by atoms with E-state index < -0.39 is 0 Å². The zero-order valence-electron chi connectivity index (χ0n) is 15.4. The minimum atomic E-state index is 0.543. The summed E-state index contributed by atoms with van der Waals surface area (Å²) in [6.07, 6.45) is 11.1. The first-order valence-corrected chi connectivity index (χ1v) is 9.32. The first-order valence-electron chi connectivity index (χ1n) is 9.32. The number of para-hydroxylation sites is 1. The van der Waals surface area contributed by atoms with E-state index in [9.17, 15) is 0 Å². The van der Waals surface area contributed by atoms with Crippen LogP contribution in [0, 0.1) is 0 Å². The molecule has 0 aliphatic heterocycles. The Balaban J connectivity index is 1.45. The lowest BCUT2D eigenvalue weighted by Crippen LogP contribution is -2.12. The van der Waals surface area contributed by atoms with Crippen LogP contribution in [0.4, 0.5) is 11.8 Å². The molecule has 0 saturated heterocycles. The minimum Gasteiger partial charge on any atom is -0.496 e. The lowest BCUT2D eigenvalue weighted by Gasteiger charge is -2.13. The molecule has 0 amide bonds. The number of nitrogens with zero attached hydrogens (tertiary/aromatic N) is 3. The highest BCUT2D eigenvalue weighted by Crippen LogP contribution is 2.20.